The normalized spacial score (nSPS) is 37.7. The van der Waals surface area contributed by atoms with Gasteiger partial charge in [-0.05, 0) is 0 Å². The second kappa shape index (κ2) is 11.8. The molecule has 0 bridgehead atoms. The first-order chi connectivity index (χ1) is 17.2. The van der Waals surface area contributed by atoms with E-state index in [4.69, 9.17) is 14.2 Å². The molecule has 2 saturated heterocycles. The number of ether oxygens (including phenoxy) is 3. The van der Waals surface area contributed by atoms with Gasteiger partial charge >= 0.3 is 21.3 Å². The van der Waals surface area contributed by atoms with E-state index in [0.717, 1.165) is 23.9 Å². The lowest BCUT2D eigenvalue weighted by molar-refractivity contribution is -0.285. The molecule has 1 aromatic rings. The molecule has 1 aromatic heterocycles. The first-order valence-corrected chi connectivity index (χ1v) is 13.4. The predicted molar refractivity (Wildman–Crippen MR) is 114 cm³/mol. The number of aliphatic hydroxyl groups excluding tert-OH is 5. The van der Waals surface area contributed by atoms with Crippen LogP contribution in [0.4, 0.5) is 0 Å². The van der Waals surface area contributed by atoms with Gasteiger partial charge in [0.1, 0.15) is 42.7 Å². The maximum Gasteiger partial charge on any atom is 0.483 e. The molecule has 0 aromatic carbocycles. The van der Waals surface area contributed by atoms with Gasteiger partial charge in [0.15, 0.2) is 12.5 Å². The van der Waals surface area contributed by atoms with Crippen molar-refractivity contribution in [1.82, 2.24) is 9.55 Å². The van der Waals surface area contributed by atoms with Crippen LogP contribution in [0.2, 0.25) is 0 Å². The number of phosphoric acid groups is 2. The Hall–Kier alpha value is -1.38. The lowest BCUT2D eigenvalue weighted by Gasteiger charge is -2.41. The van der Waals surface area contributed by atoms with E-state index in [-0.39, 0.29) is 0 Å². The largest absolute Gasteiger partial charge is 0.483 e. The first kappa shape index (κ1) is 30.2. The third-order valence-electron chi connectivity index (χ3n) is 5.40. The molecular formula is C16H26N2O17P2. The number of nitrogens with one attached hydrogen (secondary N) is 1. The SMILES string of the molecule is COC1C(OP(=O)(O)OP(=O)(O)OC[C@H]2O[C@@H](n3ccc(=O)[nH]c3=O)[C@H](O)[C@@H]2O)OC(CO)C(O)C1O. The first-order valence-electron chi connectivity index (χ1n) is 10.4. The molecule has 0 saturated carbocycles. The number of methoxy groups -OCH3 is 1. The van der Waals surface area contributed by atoms with E-state index in [9.17, 15) is 54.0 Å². The summed E-state index contributed by atoms with van der Waals surface area (Å²) in [7, 11) is -9.95. The zero-order valence-electron chi connectivity index (χ0n) is 18.8. The summed E-state index contributed by atoms with van der Waals surface area (Å²) in [5, 5.41) is 49.4. The van der Waals surface area contributed by atoms with Gasteiger partial charge in [0.2, 0.25) is 0 Å². The number of phosphoric ester groups is 2. The standard InChI is InChI=1S/C16H26N2O17P2/c1-30-13-11(23)9(21)6(4-19)33-15(13)34-37(28,29)35-36(26,27)31-5-7-10(22)12(24)14(32-7)18-3-2-8(20)17-16(18)25/h2-3,6-7,9-15,19,21-24H,4-5H2,1H3,(H,26,27)(H,28,29)(H,17,20,25)/t6?,7-,9?,10-,11?,12-,13?,14-,15?/m1/s1. The van der Waals surface area contributed by atoms with Gasteiger partial charge in [-0.25, -0.2) is 13.9 Å². The Morgan fingerprint density at radius 1 is 1.00 bits per heavy atom. The maximum atomic E-state index is 12.3. The van der Waals surface area contributed by atoms with E-state index >= 15 is 0 Å². The lowest BCUT2D eigenvalue weighted by Crippen LogP contribution is -2.59. The highest BCUT2D eigenvalue weighted by Crippen LogP contribution is 2.61. The molecule has 21 heteroatoms. The number of hydrogen-bond acceptors (Lipinski definition) is 15. The Balaban J connectivity index is 1.63. The number of rotatable bonds is 10. The fourth-order valence-corrected chi connectivity index (χ4v) is 5.74. The molecular weight excluding hydrogens is 554 g/mol. The minimum atomic E-state index is -5.53. The summed E-state index contributed by atoms with van der Waals surface area (Å²) in [4.78, 5) is 44.8. The summed E-state index contributed by atoms with van der Waals surface area (Å²) in [5.41, 5.74) is -1.73. The van der Waals surface area contributed by atoms with Crippen LogP contribution < -0.4 is 11.2 Å². The van der Waals surface area contributed by atoms with E-state index in [1.54, 1.807) is 0 Å². The van der Waals surface area contributed by atoms with Gasteiger partial charge in [-0.2, -0.15) is 4.31 Å². The van der Waals surface area contributed by atoms with Crippen molar-refractivity contribution in [3.05, 3.63) is 33.1 Å². The van der Waals surface area contributed by atoms with E-state index in [2.05, 4.69) is 13.4 Å². The quantitative estimate of drug-likeness (QED) is 0.122. The zero-order valence-corrected chi connectivity index (χ0v) is 20.6. The molecule has 3 heterocycles. The Bertz CT molecular complexity index is 1140. The number of H-pyrrole nitrogens is 1. The highest BCUT2D eigenvalue weighted by molar-refractivity contribution is 7.61. The average molecular weight is 580 g/mol. The number of aliphatic hydroxyl groups is 5. The van der Waals surface area contributed by atoms with Crippen LogP contribution in [-0.2, 0) is 36.7 Å². The zero-order chi connectivity index (χ0) is 27.7. The van der Waals surface area contributed by atoms with Gasteiger partial charge in [0, 0.05) is 19.4 Å². The number of hydrogen-bond donors (Lipinski definition) is 8. The van der Waals surface area contributed by atoms with Crippen molar-refractivity contribution in [1.29, 1.82) is 0 Å². The summed E-state index contributed by atoms with van der Waals surface area (Å²) in [6.45, 7) is -1.84. The highest BCUT2D eigenvalue weighted by atomic mass is 31.3. The molecule has 37 heavy (non-hydrogen) atoms. The summed E-state index contributed by atoms with van der Waals surface area (Å²) in [5.74, 6) is 0. The predicted octanol–water partition coefficient (Wildman–Crippen LogP) is -4.14. The molecule has 0 amide bonds. The molecule has 7 unspecified atom stereocenters. The molecule has 19 nitrogen and oxygen atoms in total. The Morgan fingerprint density at radius 3 is 2.24 bits per heavy atom. The minimum absolute atomic E-state index is 0.738. The molecule has 2 aliphatic heterocycles. The topological polar surface area (TPSA) is 286 Å². The van der Waals surface area contributed by atoms with Crippen molar-refractivity contribution in [2.24, 2.45) is 0 Å². The fourth-order valence-electron chi connectivity index (χ4n) is 3.59. The van der Waals surface area contributed by atoms with Crippen molar-refractivity contribution < 1.29 is 72.0 Å². The smallest absolute Gasteiger partial charge is 0.394 e. The van der Waals surface area contributed by atoms with E-state index in [1.807, 2.05) is 4.98 Å². The van der Waals surface area contributed by atoms with Gasteiger partial charge in [0.05, 0.1) is 13.2 Å². The van der Waals surface area contributed by atoms with Crippen LogP contribution in [0.3, 0.4) is 0 Å². The average Bonchev–Trinajstić information content (AvgIpc) is 3.08. The fraction of sp³-hybridized carbons (Fsp3) is 0.750. The molecule has 0 spiro atoms. The molecule has 0 aliphatic carbocycles. The van der Waals surface area contributed by atoms with E-state index in [1.165, 1.54) is 0 Å². The minimum Gasteiger partial charge on any atom is -0.394 e. The van der Waals surface area contributed by atoms with Crippen LogP contribution in [-0.4, -0.2) is 114 Å². The van der Waals surface area contributed by atoms with Gasteiger partial charge in [0.25, 0.3) is 5.56 Å². The molecule has 0 radical (unpaired) electrons. The van der Waals surface area contributed by atoms with Crippen molar-refractivity contribution in [3.63, 3.8) is 0 Å². The number of nitrogens with zero attached hydrogens (tertiary/aromatic N) is 1. The van der Waals surface area contributed by atoms with Gasteiger partial charge in [-0.3, -0.25) is 23.4 Å². The molecule has 3 rings (SSSR count). The maximum absolute atomic E-state index is 12.3. The van der Waals surface area contributed by atoms with E-state index < -0.39 is 95.4 Å². The molecule has 2 aliphatic rings. The monoisotopic (exact) mass is 580 g/mol. The van der Waals surface area contributed by atoms with Crippen LogP contribution in [0.25, 0.3) is 0 Å². The van der Waals surface area contributed by atoms with Gasteiger partial charge in [-0.15, -0.1) is 0 Å². The van der Waals surface area contributed by atoms with Crippen molar-refractivity contribution in [2.75, 3.05) is 20.3 Å². The second-order valence-corrected chi connectivity index (χ2v) is 10.9. The van der Waals surface area contributed by atoms with Gasteiger partial charge < -0.3 is 49.5 Å². The Morgan fingerprint density at radius 2 is 1.65 bits per heavy atom. The Kier molecular flexibility index (Phi) is 9.61. The molecule has 8 N–H and O–H groups in total. The van der Waals surface area contributed by atoms with Crippen LogP contribution in [0, 0.1) is 0 Å². The lowest BCUT2D eigenvalue weighted by atomic mass is 9.99. The number of aromatic amines is 1. The second-order valence-electron chi connectivity index (χ2n) is 7.89. The molecule has 11 atom stereocenters. The van der Waals surface area contributed by atoms with Crippen molar-refractivity contribution in [2.45, 2.75) is 55.2 Å². The highest BCUT2D eigenvalue weighted by Gasteiger charge is 2.50. The summed E-state index contributed by atoms with van der Waals surface area (Å²) in [6, 6.07) is 0.939. The summed E-state index contributed by atoms with van der Waals surface area (Å²) in [6.07, 6.45) is -14.1. The van der Waals surface area contributed by atoms with Crippen molar-refractivity contribution >= 4 is 15.6 Å². The third kappa shape index (κ3) is 6.99. The third-order valence-corrected chi connectivity index (χ3v) is 8.01. The van der Waals surface area contributed by atoms with Crippen molar-refractivity contribution in [3.8, 4) is 0 Å². The van der Waals surface area contributed by atoms with Crippen LogP contribution in [0.15, 0.2) is 21.9 Å². The Labute approximate surface area is 206 Å². The number of aromatic nitrogens is 2. The van der Waals surface area contributed by atoms with Crippen LogP contribution >= 0.6 is 15.6 Å². The van der Waals surface area contributed by atoms with Crippen LogP contribution in [0.1, 0.15) is 6.23 Å². The molecule has 2 fully saturated rings. The van der Waals surface area contributed by atoms with E-state index in [0.29, 0.717) is 0 Å². The van der Waals surface area contributed by atoms with Crippen LogP contribution in [0.5, 0.6) is 0 Å². The summed E-state index contributed by atoms with van der Waals surface area (Å²) >= 11 is 0. The summed E-state index contributed by atoms with van der Waals surface area (Å²) < 4.78 is 53.8. The van der Waals surface area contributed by atoms with Gasteiger partial charge in [-0.1, -0.05) is 0 Å². The molecule has 212 valence electrons.